The summed E-state index contributed by atoms with van der Waals surface area (Å²) in [6.07, 6.45) is 0. The second-order valence-electron chi connectivity index (χ2n) is 4.69. The van der Waals surface area contributed by atoms with E-state index in [1.807, 2.05) is 0 Å². The lowest BCUT2D eigenvalue weighted by Gasteiger charge is -2.18. The minimum atomic E-state index is 0.166. The number of rotatable bonds is 4. The zero-order valence-electron chi connectivity index (χ0n) is 10.5. The molecule has 0 radical (unpaired) electrons. The molecule has 16 heavy (non-hydrogen) atoms. The van der Waals surface area contributed by atoms with Gasteiger partial charge < -0.3 is 14.8 Å². The van der Waals surface area contributed by atoms with Gasteiger partial charge in [-0.15, -0.1) is 0 Å². The van der Waals surface area contributed by atoms with Crippen molar-refractivity contribution in [3.63, 3.8) is 0 Å². The van der Waals surface area contributed by atoms with Crippen LogP contribution in [-0.2, 0) is 0 Å². The second kappa shape index (κ2) is 5.01. The van der Waals surface area contributed by atoms with Crippen LogP contribution in [0.5, 0.6) is 11.8 Å². The Bertz CT molecular complexity index is 325. The SMILES string of the molecule is COc1cc(OC)nc(NCC(C)(C)C)n1. The Morgan fingerprint density at radius 1 is 1.12 bits per heavy atom. The molecule has 1 aromatic rings. The molecule has 1 heterocycles. The second-order valence-corrected chi connectivity index (χ2v) is 4.69. The minimum absolute atomic E-state index is 0.166. The smallest absolute Gasteiger partial charge is 0.229 e. The van der Waals surface area contributed by atoms with Crippen molar-refractivity contribution in [2.75, 3.05) is 26.1 Å². The predicted molar refractivity (Wildman–Crippen MR) is 63.1 cm³/mol. The molecule has 0 aromatic carbocycles. The van der Waals surface area contributed by atoms with Crippen LogP contribution in [0.4, 0.5) is 5.95 Å². The van der Waals surface area contributed by atoms with Gasteiger partial charge in [0, 0.05) is 6.54 Å². The summed E-state index contributed by atoms with van der Waals surface area (Å²) in [5, 5.41) is 3.15. The lowest BCUT2D eigenvalue weighted by Crippen LogP contribution is -2.20. The van der Waals surface area contributed by atoms with Crippen LogP contribution in [0.15, 0.2) is 6.07 Å². The van der Waals surface area contributed by atoms with E-state index in [2.05, 4.69) is 36.1 Å². The molecule has 1 N–H and O–H groups in total. The van der Waals surface area contributed by atoms with Crippen molar-refractivity contribution >= 4 is 5.95 Å². The fourth-order valence-corrected chi connectivity index (χ4v) is 1.04. The summed E-state index contributed by atoms with van der Waals surface area (Å²) in [6.45, 7) is 7.19. The topological polar surface area (TPSA) is 56.3 Å². The normalized spacial score (nSPS) is 11.1. The Morgan fingerprint density at radius 3 is 2.00 bits per heavy atom. The predicted octanol–water partition coefficient (Wildman–Crippen LogP) is 1.95. The number of hydrogen-bond acceptors (Lipinski definition) is 5. The number of ether oxygens (including phenoxy) is 2. The van der Waals surface area contributed by atoms with Crippen LogP contribution in [0.3, 0.4) is 0 Å². The molecule has 0 bridgehead atoms. The Hall–Kier alpha value is -1.52. The molecule has 0 aliphatic heterocycles. The number of methoxy groups -OCH3 is 2. The zero-order chi connectivity index (χ0) is 12.2. The van der Waals surface area contributed by atoms with E-state index in [-0.39, 0.29) is 5.41 Å². The van der Waals surface area contributed by atoms with Crippen LogP contribution in [0.2, 0.25) is 0 Å². The molecule has 0 saturated carbocycles. The summed E-state index contributed by atoms with van der Waals surface area (Å²) in [7, 11) is 3.13. The highest BCUT2D eigenvalue weighted by Gasteiger charge is 2.11. The molecule has 0 saturated heterocycles. The highest BCUT2D eigenvalue weighted by molar-refractivity contribution is 5.33. The Morgan fingerprint density at radius 2 is 1.62 bits per heavy atom. The quantitative estimate of drug-likeness (QED) is 0.848. The molecule has 0 unspecified atom stereocenters. The van der Waals surface area contributed by atoms with E-state index in [4.69, 9.17) is 9.47 Å². The molecule has 90 valence electrons. The van der Waals surface area contributed by atoms with Crippen molar-refractivity contribution in [3.8, 4) is 11.8 Å². The lowest BCUT2D eigenvalue weighted by atomic mass is 9.97. The third-order valence-electron chi connectivity index (χ3n) is 1.87. The van der Waals surface area contributed by atoms with Crippen molar-refractivity contribution in [1.82, 2.24) is 9.97 Å². The van der Waals surface area contributed by atoms with E-state index in [1.54, 1.807) is 20.3 Å². The number of anilines is 1. The molecule has 0 fully saturated rings. The maximum absolute atomic E-state index is 5.06. The molecule has 0 atom stereocenters. The summed E-state index contributed by atoms with van der Waals surface area (Å²) in [5.74, 6) is 1.50. The first-order chi connectivity index (χ1) is 7.44. The monoisotopic (exact) mass is 225 g/mol. The van der Waals surface area contributed by atoms with Gasteiger partial charge in [-0.25, -0.2) is 0 Å². The van der Waals surface area contributed by atoms with Gasteiger partial charge in [-0.3, -0.25) is 0 Å². The van der Waals surface area contributed by atoms with E-state index in [1.165, 1.54) is 0 Å². The highest BCUT2D eigenvalue weighted by atomic mass is 16.5. The molecule has 0 aliphatic carbocycles. The number of aromatic nitrogens is 2. The average Bonchev–Trinajstić information content (AvgIpc) is 2.25. The summed E-state index contributed by atoms with van der Waals surface area (Å²) >= 11 is 0. The van der Waals surface area contributed by atoms with Gasteiger partial charge in [-0.2, -0.15) is 9.97 Å². The van der Waals surface area contributed by atoms with Gasteiger partial charge >= 0.3 is 0 Å². The van der Waals surface area contributed by atoms with Gasteiger partial charge in [-0.05, 0) is 5.41 Å². The molecular formula is C11H19N3O2. The summed E-state index contributed by atoms with van der Waals surface area (Å²) in [6, 6.07) is 1.64. The van der Waals surface area contributed by atoms with Crippen molar-refractivity contribution < 1.29 is 9.47 Å². The zero-order valence-corrected chi connectivity index (χ0v) is 10.5. The third-order valence-corrected chi connectivity index (χ3v) is 1.87. The van der Waals surface area contributed by atoms with Crippen LogP contribution in [0, 0.1) is 5.41 Å². The first-order valence-corrected chi connectivity index (χ1v) is 5.15. The van der Waals surface area contributed by atoms with E-state index < -0.39 is 0 Å². The highest BCUT2D eigenvalue weighted by Crippen LogP contribution is 2.19. The van der Waals surface area contributed by atoms with Crippen molar-refractivity contribution in [2.24, 2.45) is 5.41 Å². The van der Waals surface area contributed by atoms with Crippen molar-refractivity contribution in [1.29, 1.82) is 0 Å². The lowest BCUT2D eigenvalue weighted by molar-refractivity contribution is 0.371. The largest absolute Gasteiger partial charge is 0.481 e. The molecule has 5 heteroatoms. The minimum Gasteiger partial charge on any atom is -0.481 e. The standard InChI is InChI=1S/C11H19N3O2/c1-11(2,3)7-12-10-13-8(15-4)6-9(14-10)16-5/h6H,7H2,1-5H3,(H,12,13,14). The van der Waals surface area contributed by atoms with Crippen LogP contribution in [0.1, 0.15) is 20.8 Å². The summed E-state index contributed by atoms with van der Waals surface area (Å²) in [5.41, 5.74) is 0.166. The van der Waals surface area contributed by atoms with E-state index >= 15 is 0 Å². The summed E-state index contributed by atoms with van der Waals surface area (Å²) in [4.78, 5) is 8.36. The van der Waals surface area contributed by atoms with Gasteiger partial charge in [0.25, 0.3) is 0 Å². The maximum Gasteiger partial charge on any atom is 0.229 e. The molecule has 1 rings (SSSR count). The third kappa shape index (κ3) is 3.92. The van der Waals surface area contributed by atoms with E-state index in [9.17, 15) is 0 Å². The Labute approximate surface area is 96.2 Å². The number of nitrogens with zero attached hydrogens (tertiary/aromatic N) is 2. The molecule has 0 spiro atoms. The van der Waals surface area contributed by atoms with Gasteiger partial charge in [-0.1, -0.05) is 20.8 Å². The van der Waals surface area contributed by atoms with Crippen LogP contribution in [-0.4, -0.2) is 30.7 Å². The van der Waals surface area contributed by atoms with Crippen molar-refractivity contribution in [2.45, 2.75) is 20.8 Å². The molecule has 1 aromatic heterocycles. The van der Waals surface area contributed by atoms with Gasteiger partial charge in [0.1, 0.15) is 0 Å². The van der Waals surface area contributed by atoms with Gasteiger partial charge in [0.15, 0.2) is 0 Å². The van der Waals surface area contributed by atoms with Crippen LogP contribution < -0.4 is 14.8 Å². The average molecular weight is 225 g/mol. The van der Waals surface area contributed by atoms with Crippen molar-refractivity contribution in [3.05, 3.63) is 6.07 Å². The van der Waals surface area contributed by atoms with E-state index in [0.717, 1.165) is 6.54 Å². The number of nitrogens with one attached hydrogen (secondary N) is 1. The fourth-order valence-electron chi connectivity index (χ4n) is 1.04. The molecular weight excluding hydrogens is 206 g/mol. The van der Waals surface area contributed by atoms with Crippen LogP contribution >= 0.6 is 0 Å². The fraction of sp³-hybridized carbons (Fsp3) is 0.636. The summed E-state index contributed by atoms with van der Waals surface area (Å²) < 4.78 is 10.1. The number of hydrogen-bond donors (Lipinski definition) is 1. The molecule has 0 aliphatic rings. The van der Waals surface area contributed by atoms with E-state index in [0.29, 0.717) is 17.7 Å². The van der Waals surface area contributed by atoms with Gasteiger partial charge in [0.2, 0.25) is 17.7 Å². The molecule has 0 amide bonds. The Kier molecular flexibility index (Phi) is 3.93. The Balaban J connectivity index is 2.79. The van der Waals surface area contributed by atoms with Gasteiger partial charge in [0.05, 0.1) is 20.3 Å². The van der Waals surface area contributed by atoms with Crippen LogP contribution in [0.25, 0.3) is 0 Å². The first kappa shape index (κ1) is 12.5. The first-order valence-electron chi connectivity index (χ1n) is 5.15. The molecule has 5 nitrogen and oxygen atoms in total. The maximum atomic E-state index is 5.06.